The molecule has 0 spiro atoms. The fourth-order valence-electron chi connectivity index (χ4n) is 11.4. The average Bonchev–Trinajstić information content (AvgIpc) is 0.888. The maximum atomic E-state index is 12.8. The average molecular weight is 1820 g/mol. The monoisotopic (exact) mass is 1820 g/mol. The molecule has 0 amide bonds. The lowest BCUT2D eigenvalue weighted by Crippen LogP contribution is -2.35. The molecule has 4 nitrogen and oxygen atoms in total. The lowest BCUT2D eigenvalue weighted by atomic mass is 9.99. The summed E-state index contributed by atoms with van der Waals surface area (Å²) in [5.74, 6) is 6.62. The summed E-state index contributed by atoms with van der Waals surface area (Å²) < 4.78 is 42.8. The standard InChI is InChI=1S/C10H14O.3C10H14.C9H11Cl.3C9H11F.C9H12.C8H11N.C8H17N.C8H11N.13CH4/c1-8(2)9-4-6-10(11-3)7-5-9;1-8(2)10-6-4-9(3)5-7-10;1-8(2)10-6-4-5-9(3)7-10;1-8(2)10-7-5-4-6-9(10)3;1-7(2)8-4-3-5-9(10)6-8;1-7(2)8-3-5-9(10)6-4-8;1-7(2)8-4-3-5-9(10)6-8;1-7(2)8-5-3-4-6-9(8)10;1-8(2)9-6-4-3-5-7-9;1-7(2)8-4-3-5-9-6-8;1-8(2)9-6-4-3-5-7-9;1-7(2)8-5-3-4-6-9-8;;;;;;;;;;;;;/h4-8H,1-3H3;3*4-8H,1-3H3;4*3-7H,1-2H3;3-8H,1-2H3;3-7H,1-2H3;8H,3-7H2,1-2H3;3-7H,1-2H3;13*1H4. The summed E-state index contributed by atoms with van der Waals surface area (Å²) in [5.41, 5.74) is 18.0. The van der Waals surface area contributed by atoms with Gasteiger partial charge in [0.15, 0.2) is 0 Å². The van der Waals surface area contributed by atoms with E-state index < -0.39 is 0 Å². The van der Waals surface area contributed by atoms with E-state index in [1.165, 1.54) is 118 Å². The number of pyridine rings is 2. The number of halogens is 4. The molecule has 11 aromatic rings. The SMILES string of the molecule is C.C.C.C.C.C.C.C.C.C.C.C.C.CC(C)N1CCCCC1.CC(C)c1ccc(F)cc1.CC(C)c1cccc(Cl)c1.CC(C)c1cccc(F)c1.CC(C)c1ccccc1.CC(C)c1ccccc1F.CC(C)c1ccccn1.CC(C)c1cccnc1.COc1ccc(C(C)C)cc1.Cc1ccc(C(C)C)cc1.Cc1cccc(C(C)C)c1.Cc1ccccc1C(C)C. The summed E-state index contributed by atoms with van der Waals surface area (Å²) in [6, 6.07) is 83.7. The fourth-order valence-corrected chi connectivity index (χ4v) is 11.6. The number of aromatic nitrogens is 2. The Morgan fingerprint density at radius 2 is 0.662 bits per heavy atom. The summed E-state index contributed by atoms with van der Waals surface area (Å²) in [5, 5.41) is 0.825. The maximum absolute atomic E-state index is 12.8. The Labute approximate surface area is 812 Å². The summed E-state index contributed by atoms with van der Waals surface area (Å²) in [6.07, 6.45) is 9.81. The molecule has 2 aromatic heterocycles. The van der Waals surface area contributed by atoms with Gasteiger partial charge in [-0.3, -0.25) is 9.97 Å². The van der Waals surface area contributed by atoms with E-state index in [0.29, 0.717) is 59.2 Å². The quantitative estimate of drug-likeness (QED) is 0.115. The highest BCUT2D eigenvalue weighted by Gasteiger charge is 2.12. The van der Waals surface area contributed by atoms with Gasteiger partial charge in [-0.05, 0) is 260 Å². The molecule has 0 N–H and O–H groups in total. The maximum Gasteiger partial charge on any atom is 0.126 e. The zero-order valence-corrected chi connectivity index (χ0v) is 78.0. The summed E-state index contributed by atoms with van der Waals surface area (Å²) in [6.45, 7) is 60.9. The van der Waals surface area contributed by atoms with E-state index in [2.05, 4.69) is 309 Å². The number of ether oxygens (including phenoxy) is 1. The van der Waals surface area contributed by atoms with Gasteiger partial charge < -0.3 is 9.64 Å². The lowest BCUT2D eigenvalue weighted by Gasteiger charge is -2.29. The van der Waals surface area contributed by atoms with Gasteiger partial charge in [0.05, 0.1) is 7.11 Å². The molecule has 8 heteroatoms. The van der Waals surface area contributed by atoms with Gasteiger partial charge in [-0.2, -0.15) is 0 Å². The van der Waals surface area contributed by atoms with Gasteiger partial charge in [0.2, 0.25) is 0 Å². The smallest absolute Gasteiger partial charge is 0.126 e. The van der Waals surface area contributed by atoms with Crippen LogP contribution >= 0.6 is 11.6 Å². The number of piperidine rings is 1. The van der Waals surface area contributed by atoms with E-state index in [-0.39, 0.29) is 120 Å². The number of aryl methyl sites for hydroxylation is 3. The zero-order chi connectivity index (χ0) is 88.0. The van der Waals surface area contributed by atoms with Crippen molar-refractivity contribution in [2.45, 2.75) is 374 Å². The van der Waals surface area contributed by atoms with Crippen LogP contribution in [0.3, 0.4) is 0 Å². The summed E-state index contributed by atoms with van der Waals surface area (Å²) in [4.78, 5) is 10.7. The van der Waals surface area contributed by atoms with Gasteiger partial charge in [-0.15, -0.1) is 0 Å². The Hall–Kier alpha value is -8.88. The number of hydrogen-bond acceptors (Lipinski definition) is 4. The van der Waals surface area contributed by atoms with Crippen LogP contribution in [0.25, 0.3) is 0 Å². The van der Waals surface area contributed by atoms with Gasteiger partial charge in [0, 0.05) is 35.3 Å². The normalized spacial score (nSPS) is 10.2. The molecule has 1 saturated heterocycles. The number of rotatable bonds is 13. The molecule has 1 aliphatic heterocycles. The van der Waals surface area contributed by atoms with Crippen LogP contribution in [-0.2, 0) is 0 Å². The predicted octanol–water partition coefficient (Wildman–Crippen LogP) is 41.9. The second-order valence-corrected chi connectivity index (χ2v) is 33.9. The molecule has 3 heterocycles. The minimum absolute atomic E-state index is 0. The number of hydrogen-bond donors (Lipinski definition) is 0. The van der Waals surface area contributed by atoms with Crippen molar-refractivity contribution in [2.24, 2.45) is 0 Å². The van der Waals surface area contributed by atoms with E-state index >= 15 is 0 Å². The summed E-state index contributed by atoms with van der Waals surface area (Å²) in [7, 11) is 1.68. The topological polar surface area (TPSA) is 38.2 Å². The number of nitrogens with zero attached hydrogens (tertiary/aromatic N) is 3. The van der Waals surface area contributed by atoms with E-state index in [4.69, 9.17) is 16.3 Å². The molecule has 12 rings (SSSR count). The first-order chi connectivity index (χ1) is 55.4. The first-order valence-electron chi connectivity index (χ1n) is 42.8. The largest absolute Gasteiger partial charge is 0.497 e. The molecular formula is C122H203ClF3N3O. The highest BCUT2D eigenvalue weighted by atomic mass is 35.5. The van der Waals surface area contributed by atoms with Crippen molar-refractivity contribution >= 4 is 11.6 Å². The van der Waals surface area contributed by atoms with E-state index in [9.17, 15) is 13.2 Å². The highest BCUT2D eigenvalue weighted by Crippen LogP contribution is 2.24. The Morgan fingerprint density at radius 3 is 0.962 bits per heavy atom. The fraction of sp³-hybridized carbons (Fsp3) is 0.475. The van der Waals surface area contributed by atoms with Gasteiger partial charge in [0.25, 0.3) is 0 Å². The third kappa shape index (κ3) is 69.1. The Morgan fingerprint density at radius 1 is 0.292 bits per heavy atom. The number of benzene rings is 9. The molecule has 9 aromatic carbocycles. The van der Waals surface area contributed by atoms with Crippen molar-refractivity contribution < 1.29 is 17.9 Å². The molecule has 0 unspecified atom stereocenters. The van der Waals surface area contributed by atoms with Crippen molar-refractivity contribution in [2.75, 3.05) is 20.2 Å². The van der Waals surface area contributed by atoms with Crippen LogP contribution < -0.4 is 4.74 Å². The van der Waals surface area contributed by atoms with Crippen LogP contribution in [0.15, 0.2) is 273 Å². The Bertz CT molecular complexity index is 3900. The minimum Gasteiger partial charge on any atom is -0.497 e. The molecule has 0 saturated carbocycles. The molecule has 0 radical (unpaired) electrons. The Kier molecular flexibility index (Phi) is 99.8. The van der Waals surface area contributed by atoms with Crippen LogP contribution in [0.2, 0.25) is 5.02 Å². The minimum atomic E-state index is -0.163. The predicted molar refractivity (Wildman–Crippen MR) is 595 cm³/mol. The zero-order valence-electron chi connectivity index (χ0n) is 77.2. The van der Waals surface area contributed by atoms with Gasteiger partial charge in [-0.1, -0.05) is 460 Å². The molecule has 0 atom stereocenters. The van der Waals surface area contributed by atoms with E-state index in [1.54, 1.807) is 31.5 Å². The molecule has 0 bridgehead atoms. The third-order valence-electron chi connectivity index (χ3n) is 19.4. The first-order valence-corrected chi connectivity index (χ1v) is 43.2. The van der Waals surface area contributed by atoms with Crippen molar-refractivity contribution in [1.29, 1.82) is 0 Å². The van der Waals surface area contributed by atoms with E-state index in [0.717, 1.165) is 33.6 Å². The van der Waals surface area contributed by atoms with E-state index in [1.807, 2.05) is 117 Å². The van der Waals surface area contributed by atoms with Crippen LogP contribution in [0.1, 0.15) is 425 Å². The van der Waals surface area contributed by atoms with Gasteiger partial charge in [0.1, 0.15) is 23.2 Å². The summed E-state index contributed by atoms with van der Waals surface area (Å²) >= 11 is 5.79. The van der Waals surface area contributed by atoms with Crippen molar-refractivity contribution in [3.05, 3.63) is 374 Å². The molecule has 1 aliphatic rings. The molecular weight excluding hydrogens is 1620 g/mol. The highest BCUT2D eigenvalue weighted by molar-refractivity contribution is 6.30. The van der Waals surface area contributed by atoms with Crippen LogP contribution in [0.5, 0.6) is 5.75 Å². The van der Waals surface area contributed by atoms with Crippen LogP contribution in [0.4, 0.5) is 13.2 Å². The van der Waals surface area contributed by atoms with Crippen molar-refractivity contribution in [3.63, 3.8) is 0 Å². The molecule has 740 valence electrons. The van der Waals surface area contributed by atoms with Crippen molar-refractivity contribution in [3.8, 4) is 5.75 Å². The van der Waals surface area contributed by atoms with Gasteiger partial charge >= 0.3 is 0 Å². The first kappa shape index (κ1) is 149. The lowest BCUT2D eigenvalue weighted by molar-refractivity contribution is 0.185. The van der Waals surface area contributed by atoms with Crippen LogP contribution in [-0.4, -0.2) is 41.1 Å². The second kappa shape index (κ2) is 86.8. The van der Waals surface area contributed by atoms with Crippen molar-refractivity contribution in [1.82, 2.24) is 14.9 Å². The number of likely N-dealkylation sites (tertiary alicyclic amines) is 1. The van der Waals surface area contributed by atoms with Crippen LogP contribution in [0, 0.1) is 38.2 Å². The molecule has 130 heavy (non-hydrogen) atoms. The number of methoxy groups -OCH3 is 1. The Balaban J connectivity index is -0.000000104. The second-order valence-electron chi connectivity index (χ2n) is 33.5. The van der Waals surface area contributed by atoms with Gasteiger partial charge in [-0.25, -0.2) is 13.2 Å². The molecule has 1 fully saturated rings. The molecule has 0 aliphatic carbocycles. The third-order valence-corrected chi connectivity index (χ3v) is 19.6.